The Kier molecular flexibility index (Phi) is 2.26. The molecule has 0 amide bonds. The van der Waals surface area contributed by atoms with Crippen molar-refractivity contribution in [1.82, 2.24) is 20.6 Å². The van der Waals surface area contributed by atoms with Crippen molar-refractivity contribution < 1.29 is 0 Å². The molecule has 1 N–H and O–H groups in total. The molecule has 0 saturated carbocycles. The summed E-state index contributed by atoms with van der Waals surface area (Å²) in [7, 11) is 0. The van der Waals surface area contributed by atoms with E-state index in [-0.39, 0.29) is 5.41 Å². The molecule has 0 radical (unpaired) electrons. The molecule has 1 aromatic heterocycles. The van der Waals surface area contributed by atoms with Gasteiger partial charge in [0.15, 0.2) is 5.82 Å². The van der Waals surface area contributed by atoms with Crippen molar-refractivity contribution >= 4 is 0 Å². The lowest BCUT2D eigenvalue weighted by Gasteiger charge is -2.19. The highest BCUT2D eigenvalue weighted by Crippen LogP contribution is 2.25. The zero-order chi connectivity index (χ0) is 10.9. The Morgan fingerprint density at radius 3 is 2.60 bits per heavy atom. The molecular formula is C11H14N4. The molecule has 15 heavy (non-hydrogen) atoms. The second kappa shape index (κ2) is 3.46. The molecule has 0 aliphatic carbocycles. The highest BCUT2D eigenvalue weighted by Gasteiger charge is 2.14. The monoisotopic (exact) mass is 202 g/mol. The zero-order valence-electron chi connectivity index (χ0n) is 9.15. The largest absolute Gasteiger partial charge is 0.239 e. The summed E-state index contributed by atoms with van der Waals surface area (Å²) >= 11 is 0. The van der Waals surface area contributed by atoms with Crippen LogP contribution in [0.2, 0.25) is 0 Å². The van der Waals surface area contributed by atoms with Crippen molar-refractivity contribution in [3.63, 3.8) is 0 Å². The van der Waals surface area contributed by atoms with Crippen molar-refractivity contribution in [3.8, 4) is 11.4 Å². The molecule has 1 heterocycles. The first-order chi connectivity index (χ1) is 7.07. The first kappa shape index (κ1) is 9.83. The van der Waals surface area contributed by atoms with E-state index < -0.39 is 0 Å². The lowest BCUT2D eigenvalue weighted by Crippen LogP contribution is -2.10. The van der Waals surface area contributed by atoms with Gasteiger partial charge in [-0.15, -0.1) is 5.10 Å². The highest BCUT2D eigenvalue weighted by atomic mass is 15.5. The lowest BCUT2D eigenvalue weighted by atomic mass is 9.86. The minimum atomic E-state index is 0.142. The standard InChI is InChI=1S/C11H14N4/c1-11(2,3)9-6-4-5-8(7-9)10-12-14-15-13-10/h4-7H,1-3H3,(H,12,13,14,15). The second-order valence-electron chi connectivity index (χ2n) is 4.58. The number of hydrogen-bond acceptors (Lipinski definition) is 3. The maximum absolute atomic E-state index is 3.89. The Morgan fingerprint density at radius 1 is 1.20 bits per heavy atom. The van der Waals surface area contributed by atoms with Crippen molar-refractivity contribution in [2.45, 2.75) is 26.2 Å². The van der Waals surface area contributed by atoms with Crippen molar-refractivity contribution in [1.29, 1.82) is 0 Å². The predicted molar refractivity (Wildman–Crippen MR) is 58.3 cm³/mol. The summed E-state index contributed by atoms with van der Waals surface area (Å²) in [6.45, 7) is 6.56. The van der Waals surface area contributed by atoms with Crippen molar-refractivity contribution in [2.75, 3.05) is 0 Å². The van der Waals surface area contributed by atoms with Gasteiger partial charge in [-0.3, -0.25) is 0 Å². The third-order valence-electron chi connectivity index (χ3n) is 2.35. The fourth-order valence-corrected chi connectivity index (χ4v) is 1.41. The number of H-pyrrole nitrogens is 1. The number of hydrogen-bond donors (Lipinski definition) is 1. The molecule has 1 aromatic carbocycles. The minimum Gasteiger partial charge on any atom is -0.239 e. The van der Waals surface area contributed by atoms with E-state index in [1.165, 1.54) is 5.56 Å². The molecule has 4 nitrogen and oxygen atoms in total. The summed E-state index contributed by atoms with van der Waals surface area (Å²) in [6.07, 6.45) is 0. The van der Waals surface area contributed by atoms with Gasteiger partial charge in [0.1, 0.15) is 0 Å². The number of aromatic nitrogens is 4. The van der Waals surface area contributed by atoms with Crippen LogP contribution in [0, 0.1) is 0 Å². The fourth-order valence-electron chi connectivity index (χ4n) is 1.41. The van der Waals surface area contributed by atoms with Gasteiger partial charge in [0.25, 0.3) is 0 Å². The Labute approximate surface area is 88.7 Å². The van der Waals surface area contributed by atoms with Crippen molar-refractivity contribution in [2.24, 2.45) is 0 Å². The molecule has 0 aliphatic heterocycles. The summed E-state index contributed by atoms with van der Waals surface area (Å²) in [5.41, 5.74) is 2.44. The maximum Gasteiger partial charge on any atom is 0.179 e. The molecule has 0 saturated heterocycles. The number of nitrogens with one attached hydrogen (secondary N) is 1. The lowest BCUT2D eigenvalue weighted by molar-refractivity contribution is 0.590. The molecule has 0 aliphatic rings. The number of benzene rings is 1. The SMILES string of the molecule is CC(C)(C)c1cccc(-c2nnn[nH]2)c1. The van der Waals surface area contributed by atoms with E-state index in [9.17, 15) is 0 Å². The number of aromatic amines is 1. The maximum atomic E-state index is 3.89. The summed E-state index contributed by atoms with van der Waals surface area (Å²) in [6, 6.07) is 8.26. The van der Waals surface area contributed by atoms with Gasteiger partial charge < -0.3 is 0 Å². The van der Waals surface area contributed by atoms with Gasteiger partial charge in [-0.1, -0.05) is 39.0 Å². The van der Waals surface area contributed by atoms with Gasteiger partial charge >= 0.3 is 0 Å². The molecule has 0 atom stereocenters. The molecule has 4 heteroatoms. The molecular weight excluding hydrogens is 188 g/mol. The Hall–Kier alpha value is -1.71. The minimum absolute atomic E-state index is 0.142. The smallest absolute Gasteiger partial charge is 0.179 e. The van der Waals surface area contributed by atoms with Crippen LogP contribution in [0.25, 0.3) is 11.4 Å². The van der Waals surface area contributed by atoms with E-state index in [1.807, 2.05) is 12.1 Å². The van der Waals surface area contributed by atoms with Crippen LogP contribution in [-0.2, 0) is 5.41 Å². The van der Waals surface area contributed by atoms with Crippen LogP contribution in [0.3, 0.4) is 0 Å². The van der Waals surface area contributed by atoms with Crippen LogP contribution in [0.5, 0.6) is 0 Å². The van der Waals surface area contributed by atoms with E-state index in [2.05, 4.69) is 53.5 Å². The molecule has 0 bridgehead atoms. The average Bonchev–Trinajstić information content (AvgIpc) is 2.69. The summed E-state index contributed by atoms with van der Waals surface area (Å²) in [5.74, 6) is 0.709. The van der Waals surface area contributed by atoms with E-state index in [4.69, 9.17) is 0 Å². The summed E-state index contributed by atoms with van der Waals surface area (Å²) < 4.78 is 0. The van der Waals surface area contributed by atoms with Crippen LogP contribution in [0.4, 0.5) is 0 Å². The van der Waals surface area contributed by atoms with Crippen LogP contribution in [-0.4, -0.2) is 20.6 Å². The molecule has 0 spiro atoms. The van der Waals surface area contributed by atoms with Gasteiger partial charge in [0, 0.05) is 5.56 Å². The molecule has 0 fully saturated rings. The Balaban J connectivity index is 2.44. The number of nitrogens with zero attached hydrogens (tertiary/aromatic N) is 3. The van der Waals surface area contributed by atoms with E-state index in [0.717, 1.165) is 5.56 Å². The quantitative estimate of drug-likeness (QED) is 0.771. The van der Waals surface area contributed by atoms with E-state index >= 15 is 0 Å². The Morgan fingerprint density at radius 2 is 2.00 bits per heavy atom. The fraction of sp³-hybridized carbons (Fsp3) is 0.364. The second-order valence-corrected chi connectivity index (χ2v) is 4.58. The van der Waals surface area contributed by atoms with E-state index in [1.54, 1.807) is 0 Å². The van der Waals surface area contributed by atoms with Gasteiger partial charge in [0.2, 0.25) is 0 Å². The predicted octanol–water partition coefficient (Wildman–Crippen LogP) is 2.16. The third-order valence-corrected chi connectivity index (χ3v) is 2.35. The van der Waals surface area contributed by atoms with Gasteiger partial charge in [-0.2, -0.15) is 0 Å². The van der Waals surface area contributed by atoms with Gasteiger partial charge in [-0.25, -0.2) is 5.10 Å². The highest BCUT2D eigenvalue weighted by molar-refractivity contribution is 5.55. The normalized spacial score (nSPS) is 11.7. The van der Waals surface area contributed by atoms with Gasteiger partial charge in [0.05, 0.1) is 0 Å². The summed E-state index contributed by atoms with van der Waals surface area (Å²) in [5, 5.41) is 13.8. The van der Waals surface area contributed by atoms with Crippen LogP contribution < -0.4 is 0 Å². The first-order valence-electron chi connectivity index (χ1n) is 4.92. The van der Waals surface area contributed by atoms with Crippen molar-refractivity contribution in [3.05, 3.63) is 29.8 Å². The topological polar surface area (TPSA) is 54.5 Å². The van der Waals surface area contributed by atoms with Crippen LogP contribution in [0.15, 0.2) is 24.3 Å². The summed E-state index contributed by atoms with van der Waals surface area (Å²) in [4.78, 5) is 0. The zero-order valence-corrected chi connectivity index (χ0v) is 9.15. The van der Waals surface area contributed by atoms with Crippen LogP contribution in [0.1, 0.15) is 26.3 Å². The third kappa shape index (κ3) is 2.03. The van der Waals surface area contributed by atoms with Gasteiger partial charge in [-0.05, 0) is 27.5 Å². The molecule has 78 valence electrons. The Bertz CT molecular complexity index is 440. The average molecular weight is 202 g/mol. The number of rotatable bonds is 1. The van der Waals surface area contributed by atoms with E-state index in [0.29, 0.717) is 5.82 Å². The molecule has 0 unspecified atom stereocenters. The first-order valence-corrected chi connectivity index (χ1v) is 4.92. The number of tetrazole rings is 1. The van der Waals surface area contributed by atoms with Crippen LogP contribution >= 0.6 is 0 Å². The molecule has 2 rings (SSSR count). The molecule has 2 aromatic rings.